The van der Waals surface area contributed by atoms with Crippen LogP contribution >= 0.6 is 11.8 Å². The van der Waals surface area contributed by atoms with Gasteiger partial charge in [0.15, 0.2) is 0 Å². The van der Waals surface area contributed by atoms with Crippen molar-refractivity contribution in [1.29, 1.82) is 0 Å². The van der Waals surface area contributed by atoms with Gasteiger partial charge in [0.05, 0.1) is 11.8 Å². The van der Waals surface area contributed by atoms with Gasteiger partial charge in [0.25, 0.3) is 0 Å². The minimum Gasteiger partial charge on any atom is -0.368 e. The second-order valence-electron chi connectivity index (χ2n) is 5.38. The third-order valence-electron chi connectivity index (χ3n) is 3.00. The van der Waals surface area contributed by atoms with E-state index in [1.807, 2.05) is 13.8 Å². The van der Waals surface area contributed by atoms with Gasteiger partial charge in [0.1, 0.15) is 6.04 Å². The number of hydrogen-bond donors (Lipinski definition) is 3. The molecular weight excluding hydrogens is 278 g/mol. The van der Waals surface area contributed by atoms with Gasteiger partial charge in [0, 0.05) is 0 Å². The molecule has 1 rings (SSSR count). The predicted octanol–water partition coefficient (Wildman–Crippen LogP) is 0.0144. The van der Waals surface area contributed by atoms with E-state index in [-0.39, 0.29) is 29.5 Å². The molecule has 0 aromatic rings. The zero-order valence-electron chi connectivity index (χ0n) is 12.0. The number of carbonyl (C=O) groups is 3. The summed E-state index contributed by atoms with van der Waals surface area (Å²) >= 11 is 1.62. The lowest BCUT2D eigenvalue weighted by molar-refractivity contribution is -0.130. The van der Waals surface area contributed by atoms with E-state index in [4.69, 9.17) is 5.73 Å². The fraction of sp³-hybridized carbons (Fsp3) is 0.769. The Morgan fingerprint density at radius 3 is 2.55 bits per heavy atom. The number of carbonyl (C=O) groups excluding carboxylic acids is 3. The number of nitrogens with two attached hydrogens (primary N) is 1. The quantitative estimate of drug-likeness (QED) is 0.617. The number of primary amides is 1. The minimum atomic E-state index is -0.608. The Labute approximate surface area is 123 Å². The highest BCUT2D eigenvalue weighted by Crippen LogP contribution is 2.26. The topological polar surface area (TPSA) is 101 Å². The summed E-state index contributed by atoms with van der Waals surface area (Å²) in [4.78, 5) is 34.8. The van der Waals surface area contributed by atoms with Gasteiger partial charge in [-0.3, -0.25) is 14.4 Å². The highest BCUT2D eigenvalue weighted by atomic mass is 32.2. The van der Waals surface area contributed by atoms with Crippen LogP contribution in [0.5, 0.6) is 0 Å². The standard InChI is InChI=1S/C13H23N3O3S/c1-8(2)6-9(12(18)15-7-11(14)17)16-13(19)10-4-3-5-20-10/h8-10H,3-7H2,1-2H3,(H2,14,17)(H,15,18)(H,16,19)/t9-,10+/m0/s1. The first-order chi connectivity index (χ1) is 9.40. The SMILES string of the molecule is CC(C)C[C@H](NC(=O)[C@H]1CCCS1)C(=O)NCC(N)=O. The fourth-order valence-electron chi connectivity index (χ4n) is 2.05. The molecule has 7 heteroatoms. The van der Waals surface area contributed by atoms with Crippen molar-refractivity contribution in [2.45, 2.75) is 44.4 Å². The van der Waals surface area contributed by atoms with E-state index in [0.29, 0.717) is 6.42 Å². The van der Waals surface area contributed by atoms with Crippen LogP contribution in [0.4, 0.5) is 0 Å². The van der Waals surface area contributed by atoms with Crippen molar-refractivity contribution >= 4 is 29.5 Å². The number of rotatable bonds is 7. The molecule has 1 aliphatic rings. The maximum absolute atomic E-state index is 12.1. The van der Waals surface area contributed by atoms with Crippen LogP contribution in [0.3, 0.4) is 0 Å². The van der Waals surface area contributed by atoms with E-state index in [0.717, 1.165) is 18.6 Å². The maximum Gasteiger partial charge on any atom is 0.243 e. The van der Waals surface area contributed by atoms with Crippen molar-refractivity contribution in [2.24, 2.45) is 11.7 Å². The zero-order chi connectivity index (χ0) is 15.1. The average Bonchev–Trinajstić information content (AvgIpc) is 2.88. The van der Waals surface area contributed by atoms with Crippen LogP contribution in [0.1, 0.15) is 33.1 Å². The normalized spacial score (nSPS) is 19.6. The molecule has 4 N–H and O–H groups in total. The first-order valence-corrected chi connectivity index (χ1v) is 7.93. The van der Waals surface area contributed by atoms with Crippen molar-refractivity contribution in [2.75, 3.05) is 12.3 Å². The van der Waals surface area contributed by atoms with Gasteiger partial charge in [-0.1, -0.05) is 13.8 Å². The van der Waals surface area contributed by atoms with Gasteiger partial charge in [0.2, 0.25) is 17.7 Å². The van der Waals surface area contributed by atoms with Gasteiger partial charge in [-0.05, 0) is 30.9 Å². The highest BCUT2D eigenvalue weighted by molar-refractivity contribution is 8.00. The van der Waals surface area contributed by atoms with Crippen LogP contribution in [0.2, 0.25) is 0 Å². The van der Waals surface area contributed by atoms with E-state index in [1.54, 1.807) is 11.8 Å². The fourth-order valence-corrected chi connectivity index (χ4v) is 3.22. The Bertz CT molecular complexity index is 368. The summed E-state index contributed by atoms with van der Waals surface area (Å²) in [6, 6.07) is -0.608. The third kappa shape index (κ3) is 5.81. The Morgan fingerprint density at radius 2 is 2.05 bits per heavy atom. The molecule has 0 aliphatic carbocycles. The van der Waals surface area contributed by atoms with Crippen molar-refractivity contribution in [3.8, 4) is 0 Å². The Kier molecular flexibility index (Phi) is 6.84. The smallest absolute Gasteiger partial charge is 0.243 e. The summed E-state index contributed by atoms with van der Waals surface area (Å²) in [6.45, 7) is 3.75. The molecule has 0 bridgehead atoms. The second-order valence-corrected chi connectivity index (χ2v) is 6.69. The van der Waals surface area contributed by atoms with Crippen LogP contribution in [0, 0.1) is 5.92 Å². The van der Waals surface area contributed by atoms with Crippen LogP contribution in [0.15, 0.2) is 0 Å². The lowest BCUT2D eigenvalue weighted by Gasteiger charge is -2.21. The van der Waals surface area contributed by atoms with Crippen molar-refractivity contribution in [3.63, 3.8) is 0 Å². The van der Waals surface area contributed by atoms with E-state index in [2.05, 4.69) is 10.6 Å². The number of nitrogens with one attached hydrogen (secondary N) is 2. The van der Waals surface area contributed by atoms with Crippen LogP contribution in [-0.2, 0) is 14.4 Å². The molecule has 114 valence electrons. The molecule has 0 aromatic carbocycles. The van der Waals surface area contributed by atoms with Crippen molar-refractivity contribution in [3.05, 3.63) is 0 Å². The number of amides is 3. The van der Waals surface area contributed by atoms with E-state index in [9.17, 15) is 14.4 Å². The molecule has 0 spiro atoms. The molecular formula is C13H23N3O3S. The van der Waals surface area contributed by atoms with E-state index >= 15 is 0 Å². The molecule has 6 nitrogen and oxygen atoms in total. The van der Waals surface area contributed by atoms with Gasteiger partial charge >= 0.3 is 0 Å². The average molecular weight is 301 g/mol. The molecule has 0 saturated carbocycles. The predicted molar refractivity (Wildman–Crippen MR) is 79.1 cm³/mol. The zero-order valence-corrected chi connectivity index (χ0v) is 12.8. The van der Waals surface area contributed by atoms with Crippen LogP contribution in [-0.4, -0.2) is 41.3 Å². The summed E-state index contributed by atoms with van der Waals surface area (Å²) in [6.07, 6.45) is 2.42. The van der Waals surface area contributed by atoms with Gasteiger partial charge in [-0.15, -0.1) is 11.8 Å². The summed E-state index contributed by atoms with van der Waals surface area (Å²) in [5.74, 6) is 0.206. The van der Waals surface area contributed by atoms with E-state index in [1.165, 1.54) is 0 Å². The second kappa shape index (κ2) is 8.14. The Morgan fingerprint density at radius 1 is 1.35 bits per heavy atom. The van der Waals surface area contributed by atoms with Gasteiger partial charge in [-0.2, -0.15) is 0 Å². The highest BCUT2D eigenvalue weighted by Gasteiger charge is 2.28. The minimum absolute atomic E-state index is 0.0615. The van der Waals surface area contributed by atoms with Crippen molar-refractivity contribution in [1.82, 2.24) is 10.6 Å². The molecule has 20 heavy (non-hydrogen) atoms. The molecule has 1 heterocycles. The lowest BCUT2D eigenvalue weighted by atomic mass is 10.0. The number of thioether (sulfide) groups is 1. The maximum atomic E-state index is 12.1. The molecule has 1 aliphatic heterocycles. The summed E-state index contributed by atoms with van der Waals surface area (Å²) < 4.78 is 0. The number of hydrogen-bond acceptors (Lipinski definition) is 4. The van der Waals surface area contributed by atoms with Gasteiger partial charge in [-0.25, -0.2) is 0 Å². The molecule has 0 radical (unpaired) electrons. The molecule has 1 fully saturated rings. The molecule has 0 aromatic heterocycles. The largest absolute Gasteiger partial charge is 0.368 e. The van der Waals surface area contributed by atoms with Gasteiger partial charge < -0.3 is 16.4 Å². The van der Waals surface area contributed by atoms with Crippen molar-refractivity contribution < 1.29 is 14.4 Å². The first-order valence-electron chi connectivity index (χ1n) is 6.88. The third-order valence-corrected chi connectivity index (χ3v) is 4.38. The van der Waals surface area contributed by atoms with Crippen LogP contribution in [0.25, 0.3) is 0 Å². The summed E-state index contributed by atoms with van der Waals surface area (Å²) in [5.41, 5.74) is 5.00. The Balaban J connectivity index is 2.55. The summed E-state index contributed by atoms with van der Waals surface area (Å²) in [5, 5.41) is 5.18. The molecule has 3 amide bonds. The summed E-state index contributed by atoms with van der Waals surface area (Å²) in [7, 11) is 0. The monoisotopic (exact) mass is 301 g/mol. The first kappa shape index (κ1) is 16.8. The molecule has 1 saturated heterocycles. The van der Waals surface area contributed by atoms with Crippen LogP contribution < -0.4 is 16.4 Å². The lowest BCUT2D eigenvalue weighted by Crippen LogP contribution is -2.50. The molecule has 2 atom stereocenters. The molecule has 0 unspecified atom stereocenters. The Hall–Kier alpha value is -1.24. The van der Waals surface area contributed by atoms with E-state index < -0.39 is 11.9 Å².